The van der Waals surface area contributed by atoms with Crippen LogP contribution in [0.2, 0.25) is 0 Å². The second kappa shape index (κ2) is 9.36. The van der Waals surface area contributed by atoms with Gasteiger partial charge in [-0.1, -0.05) is 26.7 Å². The predicted molar refractivity (Wildman–Crippen MR) is 98.0 cm³/mol. The van der Waals surface area contributed by atoms with Gasteiger partial charge in [0.2, 0.25) is 0 Å². The Labute approximate surface area is 153 Å². The summed E-state index contributed by atoms with van der Waals surface area (Å²) < 4.78 is 21.5. The Morgan fingerprint density at radius 1 is 1.31 bits per heavy atom. The van der Waals surface area contributed by atoms with E-state index in [0.29, 0.717) is 31.2 Å². The predicted octanol–water partition coefficient (Wildman–Crippen LogP) is 4.21. The molecule has 0 atom stereocenters. The molecule has 0 aliphatic carbocycles. The average molecular weight is 362 g/mol. The third-order valence-corrected chi connectivity index (χ3v) is 4.60. The smallest absolute Gasteiger partial charge is 0.303 e. The van der Waals surface area contributed by atoms with E-state index >= 15 is 0 Å². The number of aliphatic carboxylic acids is 1. The van der Waals surface area contributed by atoms with E-state index in [1.807, 2.05) is 13.0 Å². The van der Waals surface area contributed by atoms with Gasteiger partial charge >= 0.3 is 5.97 Å². The fraction of sp³-hybridized carbons (Fsp3) is 0.500. The van der Waals surface area contributed by atoms with Crippen LogP contribution >= 0.6 is 0 Å². The molecule has 1 N–H and O–H groups in total. The van der Waals surface area contributed by atoms with Crippen molar-refractivity contribution < 1.29 is 19.0 Å². The van der Waals surface area contributed by atoms with E-state index in [1.165, 1.54) is 12.1 Å². The van der Waals surface area contributed by atoms with Crippen LogP contribution in [0, 0.1) is 18.7 Å². The van der Waals surface area contributed by atoms with E-state index < -0.39 is 5.97 Å². The summed E-state index contributed by atoms with van der Waals surface area (Å²) in [6.45, 7) is 7.16. The van der Waals surface area contributed by atoms with Crippen LogP contribution in [0.5, 0.6) is 5.75 Å². The lowest BCUT2D eigenvalue weighted by Crippen LogP contribution is -2.12. The zero-order valence-corrected chi connectivity index (χ0v) is 15.7. The number of hydrogen-bond donors (Lipinski definition) is 1. The minimum Gasteiger partial charge on any atom is -0.493 e. The van der Waals surface area contributed by atoms with E-state index in [0.717, 1.165) is 29.8 Å². The molecule has 1 aromatic carbocycles. The van der Waals surface area contributed by atoms with Crippen molar-refractivity contribution in [1.29, 1.82) is 0 Å². The molecule has 0 saturated carbocycles. The molecule has 1 heterocycles. The first kappa shape index (κ1) is 19.9. The quantitative estimate of drug-likeness (QED) is 0.688. The summed E-state index contributed by atoms with van der Waals surface area (Å²) in [5.74, 6) is -0.0209. The molecule has 0 bridgehead atoms. The summed E-state index contributed by atoms with van der Waals surface area (Å²) in [5.41, 5.74) is 2.35. The number of carboxylic acids is 1. The zero-order chi connectivity index (χ0) is 19.1. The lowest BCUT2D eigenvalue weighted by Gasteiger charge is -2.17. The Kier molecular flexibility index (Phi) is 7.18. The lowest BCUT2D eigenvalue weighted by atomic mass is 10.1. The highest BCUT2D eigenvalue weighted by Crippen LogP contribution is 2.23. The van der Waals surface area contributed by atoms with Gasteiger partial charge in [0.25, 0.3) is 0 Å². The summed E-state index contributed by atoms with van der Waals surface area (Å²) in [4.78, 5) is 10.7. The van der Waals surface area contributed by atoms with Crippen LogP contribution in [0.15, 0.2) is 24.3 Å². The number of aryl methyl sites for hydroxylation is 2. The van der Waals surface area contributed by atoms with Crippen molar-refractivity contribution in [3.8, 4) is 5.75 Å². The van der Waals surface area contributed by atoms with Gasteiger partial charge in [-0.05, 0) is 37.1 Å². The Hall–Kier alpha value is -2.37. The fourth-order valence-electron chi connectivity index (χ4n) is 2.80. The Bertz CT molecular complexity index is 739. The van der Waals surface area contributed by atoms with Crippen LogP contribution in [0.4, 0.5) is 4.39 Å². The molecule has 142 valence electrons. The largest absolute Gasteiger partial charge is 0.493 e. The monoisotopic (exact) mass is 362 g/mol. The first-order valence-corrected chi connectivity index (χ1v) is 9.09. The van der Waals surface area contributed by atoms with E-state index in [-0.39, 0.29) is 12.2 Å². The number of benzene rings is 1. The minimum absolute atomic E-state index is 0.0419. The molecule has 0 aliphatic rings. The molecule has 0 radical (unpaired) electrons. The van der Waals surface area contributed by atoms with Gasteiger partial charge in [-0.2, -0.15) is 5.10 Å². The van der Waals surface area contributed by atoms with Crippen molar-refractivity contribution in [3.05, 3.63) is 47.0 Å². The molecule has 5 nitrogen and oxygen atoms in total. The van der Waals surface area contributed by atoms with E-state index in [4.69, 9.17) is 9.84 Å². The molecule has 0 saturated heterocycles. The minimum atomic E-state index is -0.848. The Balaban J connectivity index is 2.15. The van der Waals surface area contributed by atoms with Gasteiger partial charge in [-0.3, -0.25) is 9.48 Å². The highest BCUT2D eigenvalue weighted by atomic mass is 19.1. The van der Waals surface area contributed by atoms with Crippen LogP contribution < -0.4 is 4.74 Å². The van der Waals surface area contributed by atoms with Gasteiger partial charge in [0, 0.05) is 17.7 Å². The van der Waals surface area contributed by atoms with Crippen LogP contribution in [0.1, 0.15) is 50.1 Å². The van der Waals surface area contributed by atoms with Crippen LogP contribution in [0.3, 0.4) is 0 Å². The molecule has 6 heteroatoms. The first-order chi connectivity index (χ1) is 12.4. The maximum Gasteiger partial charge on any atom is 0.303 e. The van der Waals surface area contributed by atoms with Crippen LogP contribution in [0.25, 0.3) is 0 Å². The van der Waals surface area contributed by atoms with Gasteiger partial charge in [-0.25, -0.2) is 4.39 Å². The SMILES string of the molecule is CCC(CC)COc1ccc(F)cc1Cn1nc(CCC(=O)O)cc1C. The highest BCUT2D eigenvalue weighted by molar-refractivity contribution is 5.66. The van der Waals surface area contributed by atoms with E-state index in [2.05, 4.69) is 18.9 Å². The fourth-order valence-corrected chi connectivity index (χ4v) is 2.80. The van der Waals surface area contributed by atoms with Crippen LogP contribution in [-0.4, -0.2) is 27.5 Å². The van der Waals surface area contributed by atoms with Gasteiger partial charge in [0.05, 0.1) is 25.3 Å². The number of aromatic nitrogens is 2. The van der Waals surface area contributed by atoms with Gasteiger partial charge in [0.1, 0.15) is 11.6 Å². The molecule has 26 heavy (non-hydrogen) atoms. The molecule has 2 aromatic rings. The summed E-state index contributed by atoms with van der Waals surface area (Å²) in [5, 5.41) is 13.3. The van der Waals surface area contributed by atoms with Gasteiger partial charge in [-0.15, -0.1) is 0 Å². The number of hydrogen-bond acceptors (Lipinski definition) is 3. The maximum absolute atomic E-state index is 13.7. The van der Waals surface area contributed by atoms with E-state index in [1.54, 1.807) is 10.7 Å². The lowest BCUT2D eigenvalue weighted by molar-refractivity contribution is -0.136. The third-order valence-electron chi connectivity index (χ3n) is 4.60. The molecule has 0 amide bonds. The van der Waals surface area contributed by atoms with E-state index in [9.17, 15) is 9.18 Å². The molecule has 0 fully saturated rings. The summed E-state index contributed by atoms with van der Waals surface area (Å²) in [6, 6.07) is 6.41. The summed E-state index contributed by atoms with van der Waals surface area (Å²) in [7, 11) is 0. The third kappa shape index (κ3) is 5.58. The van der Waals surface area contributed by atoms with Crippen molar-refractivity contribution in [1.82, 2.24) is 9.78 Å². The van der Waals surface area contributed by atoms with Crippen molar-refractivity contribution >= 4 is 5.97 Å². The topological polar surface area (TPSA) is 64.4 Å². The first-order valence-electron chi connectivity index (χ1n) is 9.09. The van der Waals surface area contributed by atoms with Gasteiger partial charge in [0.15, 0.2) is 0 Å². The average Bonchev–Trinajstić information content (AvgIpc) is 2.95. The zero-order valence-electron chi connectivity index (χ0n) is 15.7. The van der Waals surface area contributed by atoms with Crippen molar-refractivity contribution in [2.75, 3.05) is 6.61 Å². The Morgan fingerprint density at radius 2 is 2.04 bits per heavy atom. The molecule has 2 rings (SSSR count). The Morgan fingerprint density at radius 3 is 2.69 bits per heavy atom. The summed E-state index contributed by atoms with van der Waals surface area (Å²) >= 11 is 0. The van der Waals surface area contributed by atoms with Gasteiger partial charge < -0.3 is 9.84 Å². The molecular formula is C20H27FN2O3. The maximum atomic E-state index is 13.7. The number of ether oxygens (including phenoxy) is 1. The molecule has 1 aromatic heterocycles. The number of halogens is 1. The number of rotatable bonds is 10. The number of carbonyl (C=O) groups is 1. The standard InChI is InChI=1S/C20H27FN2O3/c1-4-15(5-2)13-26-19-8-6-17(21)11-16(19)12-23-14(3)10-18(22-23)7-9-20(24)25/h6,8,10-11,15H,4-5,7,9,12-13H2,1-3H3,(H,24,25). The molecule has 0 unspecified atom stereocenters. The molecule has 0 aliphatic heterocycles. The molecular weight excluding hydrogens is 335 g/mol. The second-order valence-corrected chi connectivity index (χ2v) is 6.57. The summed E-state index contributed by atoms with van der Waals surface area (Å²) in [6.07, 6.45) is 2.50. The number of carboxylic acid groups (broad SMARTS) is 1. The van der Waals surface area contributed by atoms with Crippen LogP contribution in [-0.2, 0) is 17.8 Å². The van der Waals surface area contributed by atoms with Crippen molar-refractivity contribution in [2.24, 2.45) is 5.92 Å². The number of nitrogens with zero attached hydrogens (tertiary/aromatic N) is 2. The highest BCUT2D eigenvalue weighted by Gasteiger charge is 2.12. The van der Waals surface area contributed by atoms with Crippen molar-refractivity contribution in [2.45, 2.75) is 53.0 Å². The second-order valence-electron chi connectivity index (χ2n) is 6.57. The molecule has 0 spiro atoms. The van der Waals surface area contributed by atoms with Crippen molar-refractivity contribution in [3.63, 3.8) is 0 Å². The normalized spacial score (nSPS) is 11.1.